The predicted octanol–water partition coefficient (Wildman–Crippen LogP) is 4.83. The first-order chi connectivity index (χ1) is 11.5. The smallest absolute Gasteiger partial charge is 0.306 e. The lowest BCUT2D eigenvalue weighted by Gasteiger charge is -2.33. The maximum Gasteiger partial charge on any atom is 0.306 e. The summed E-state index contributed by atoms with van der Waals surface area (Å²) in [6.45, 7) is 18.0. The quantitative estimate of drug-likeness (QED) is 0.479. The van der Waals surface area contributed by atoms with Crippen LogP contribution in [0.25, 0.3) is 0 Å². The minimum absolute atomic E-state index is 0.0488. The van der Waals surface area contributed by atoms with Crippen LogP contribution in [0.4, 0.5) is 0 Å². The van der Waals surface area contributed by atoms with Crippen LogP contribution in [0.1, 0.15) is 81.1 Å². The Balaban J connectivity index is 4.36. The molecule has 4 heteroatoms. The first-order valence-electron chi connectivity index (χ1n) is 9.92. The number of aliphatic hydroxyl groups excluding tert-OH is 1. The van der Waals surface area contributed by atoms with E-state index < -0.39 is 6.10 Å². The first-order valence-corrected chi connectivity index (χ1v) is 9.92. The molecule has 0 aliphatic carbocycles. The van der Waals surface area contributed by atoms with E-state index in [0.29, 0.717) is 24.9 Å². The Bertz CT molecular complexity index is 380. The van der Waals surface area contributed by atoms with Crippen molar-refractivity contribution in [3.05, 3.63) is 0 Å². The SMILES string of the molecule is CCC(C)(CCOC(CO)COC(=O)CC(C)(CC)C(C)C)C(C)C. The number of aliphatic hydroxyl groups is 1. The van der Waals surface area contributed by atoms with Crippen molar-refractivity contribution >= 4 is 5.97 Å². The van der Waals surface area contributed by atoms with Crippen molar-refractivity contribution in [2.24, 2.45) is 22.7 Å². The van der Waals surface area contributed by atoms with Gasteiger partial charge in [0.1, 0.15) is 12.7 Å². The third-order valence-electron chi connectivity index (χ3n) is 6.61. The zero-order chi connectivity index (χ0) is 19.7. The normalized spacial score (nSPS) is 18.0. The number of hydrogen-bond donors (Lipinski definition) is 1. The molecule has 0 aromatic carbocycles. The van der Waals surface area contributed by atoms with Crippen molar-refractivity contribution in [3.8, 4) is 0 Å². The second kappa shape index (κ2) is 11.2. The zero-order valence-electron chi connectivity index (χ0n) is 17.9. The lowest BCUT2D eigenvalue weighted by atomic mass is 9.74. The lowest BCUT2D eigenvalue weighted by Crippen LogP contribution is -2.31. The largest absolute Gasteiger partial charge is 0.463 e. The number of carbonyl (C=O) groups is 1. The monoisotopic (exact) mass is 358 g/mol. The fourth-order valence-electron chi connectivity index (χ4n) is 2.79. The summed E-state index contributed by atoms with van der Waals surface area (Å²) < 4.78 is 11.1. The molecule has 0 amide bonds. The maximum atomic E-state index is 12.2. The Hall–Kier alpha value is -0.610. The molecule has 0 saturated heterocycles. The Morgan fingerprint density at radius 2 is 1.52 bits per heavy atom. The molecule has 0 saturated carbocycles. The summed E-state index contributed by atoms with van der Waals surface area (Å²) in [4.78, 5) is 12.2. The van der Waals surface area contributed by atoms with E-state index in [9.17, 15) is 9.90 Å². The summed E-state index contributed by atoms with van der Waals surface area (Å²) in [6.07, 6.45) is 2.93. The summed E-state index contributed by atoms with van der Waals surface area (Å²) in [6, 6.07) is 0. The molecule has 0 aromatic rings. The molecule has 4 nitrogen and oxygen atoms in total. The van der Waals surface area contributed by atoms with E-state index in [4.69, 9.17) is 9.47 Å². The van der Waals surface area contributed by atoms with Crippen LogP contribution in [-0.4, -0.2) is 37.0 Å². The van der Waals surface area contributed by atoms with Crippen molar-refractivity contribution in [2.75, 3.05) is 19.8 Å². The topological polar surface area (TPSA) is 55.8 Å². The fourth-order valence-corrected chi connectivity index (χ4v) is 2.79. The van der Waals surface area contributed by atoms with Gasteiger partial charge in [0.15, 0.2) is 0 Å². The standard InChI is InChI=1S/C21H42O4/c1-9-20(7,16(3)4)11-12-24-18(14-22)15-25-19(23)13-21(8,10-2)17(5)6/h16-18,22H,9-15H2,1-8H3. The second-order valence-corrected chi connectivity index (χ2v) is 8.61. The Morgan fingerprint density at radius 3 is 1.92 bits per heavy atom. The third-order valence-corrected chi connectivity index (χ3v) is 6.61. The number of ether oxygens (including phenoxy) is 2. The van der Waals surface area contributed by atoms with Crippen LogP contribution >= 0.6 is 0 Å². The van der Waals surface area contributed by atoms with Crippen LogP contribution in [0.5, 0.6) is 0 Å². The molecule has 3 unspecified atom stereocenters. The van der Waals surface area contributed by atoms with E-state index >= 15 is 0 Å². The van der Waals surface area contributed by atoms with Crippen LogP contribution in [0.15, 0.2) is 0 Å². The highest BCUT2D eigenvalue weighted by molar-refractivity contribution is 5.70. The van der Waals surface area contributed by atoms with Gasteiger partial charge in [0.25, 0.3) is 0 Å². The zero-order valence-corrected chi connectivity index (χ0v) is 17.9. The number of hydrogen-bond acceptors (Lipinski definition) is 4. The molecule has 0 radical (unpaired) electrons. The minimum atomic E-state index is -0.441. The van der Waals surface area contributed by atoms with E-state index in [2.05, 4.69) is 55.4 Å². The highest BCUT2D eigenvalue weighted by Gasteiger charge is 2.30. The van der Waals surface area contributed by atoms with Gasteiger partial charge in [0, 0.05) is 6.61 Å². The third kappa shape index (κ3) is 8.08. The molecule has 0 bridgehead atoms. The van der Waals surface area contributed by atoms with Crippen molar-refractivity contribution < 1.29 is 19.4 Å². The van der Waals surface area contributed by atoms with Gasteiger partial charge in [-0.2, -0.15) is 0 Å². The van der Waals surface area contributed by atoms with Gasteiger partial charge < -0.3 is 14.6 Å². The Kier molecular flexibility index (Phi) is 10.9. The number of esters is 1. The summed E-state index contributed by atoms with van der Waals surface area (Å²) in [5.74, 6) is 0.785. The molecule has 0 fully saturated rings. The Morgan fingerprint density at radius 1 is 1.00 bits per heavy atom. The van der Waals surface area contributed by atoms with Crippen LogP contribution in [0.3, 0.4) is 0 Å². The molecule has 150 valence electrons. The van der Waals surface area contributed by atoms with Crippen molar-refractivity contribution in [1.82, 2.24) is 0 Å². The molecule has 0 aliphatic heterocycles. The van der Waals surface area contributed by atoms with Crippen LogP contribution in [0, 0.1) is 22.7 Å². The Labute approximate surface area is 155 Å². The van der Waals surface area contributed by atoms with Gasteiger partial charge in [0.05, 0.1) is 13.0 Å². The molecule has 0 spiro atoms. The molecule has 1 N–H and O–H groups in total. The molecular formula is C21H42O4. The molecule has 3 atom stereocenters. The molecular weight excluding hydrogens is 316 g/mol. The van der Waals surface area contributed by atoms with Crippen LogP contribution in [-0.2, 0) is 14.3 Å². The highest BCUT2D eigenvalue weighted by atomic mass is 16.6. The summed E-state index contributed by atoms with van der Waals surface area (Å²) in [7, 11) is 0. The van der Waals surface area contributed by atoms with Gasteiger partial charge in [-0.15, -0.1) is 0 Å². The molecule has 0 aromatic heterocycles. The van der Waals surface area contributed by atoms with Crippen molar-refractivity contribution in [1.29, 1.82) is 0 Å². The molecule has 0 rings (SSSR count). The molecule has 0 aliphatic rings. The van der Waals surface area contributed by atoms with Gasteiger partial charge in [-0.3, -0.25) is 4.79 Å². The maximum absolute atomic E-state index is 12.2. The lowest BCUT2D eigenvalue weighted by molar-refractivity contribution is -0.152. The minimum Gasteiger partial charge on any atom is -0.463 e. The molecule has 25 heavy (non-hydrogen) atoms. The summed E-state index contributed by atoms with van der Waals surface area (Å²) >= 11 is 0. The van der Waals surface area contributed by atoms with Crippen molar-refractivity contribution in [3.63, 3.8) is 0 Å². The fraction of sp³-hybridized carbons (Fsp3) is 0.952. The average Bonchev–Trinajstić information content (AvgIpc) is 2.56. The van der Waals surface area contributed by atoms with Gasteiger partial charge in [0.2, 0.25) is 0 Å². The van der Waals surface area contributed by atoms with E-state index in [1.807, 2.05) is 0 Å². The van der Waals surface area contributed by atoms with Crippen LogP contribution in [0.2, 0.25) is 0 Å². The van der Waals surface area contributed by atoms with E-state index in [-0.39, 0.29) is 30.0 Å². The van der Waals surface area contributed by atoms with Gasteiger partial charge in [-0.05, 0) is 35.5 Å². The summed E-state index contributed by atoms with van der Waals surface area (Å²) in [5, 5.41) is 9.49. The second-order valence-electron chi connectivity index (χ2n) is 8.61. The number of rotatable bonds is 13. The van der Waals surface area contributed by atoms with Crippen LogP contribution < -0.4 is 0 Å². The van der Waals surface area contributed by atoms with Crippen molar-refractivity contribution in [2.45, 2.75) is 87.2 Å². The van der Waals surface area contributed by atoms with E-state index in [0.717, 1.165) is 19.3 Å². The molecule has 0 heterocycles. The van der Waals surface area contributed by atoms with Gasteiger partial charge in [-0.1, -0.05) is 61.8 Å². The summed E-state index contributed by atoms with van der Waals surface area (Å²) in [5.41, 5.74) is 0.184. The van der Waals surface area contributed by atoms with E-state index in [1.54, 1.807) is 0 Å². The first kappa shape index (κ1) is 24.4. The highest BCUT2D eigenvalue weighted by Crippen LogP contribution is 2.35. The number of carbonyl (C=O) groups excluding carboxylic acids is 1. The van der Waals surface area contributed by atoms with E-state index in [1.165, 1.54) is 0 Å². The van der Waals surface area contributed by atoms with Gasteiger partial charge >= 0.3 is 5.97 Å². The predicted molar refractivity (Wildman–Crippen MR) is 103 cm³/mol. The van der Waals surface area contributed by atoms with Gasteiger partial charge in [-0.25, -0.2) is 0 Å². The average molecular weight is 359 g/mol.